The topological polar surface area (TPSA) is 47.6 Å². The Hall–Kier alpha value is -0.610. The van der Waals surface area contributed by atoms with Gasteiger partial charge in [0, 0.05) is 13.2 Å². The molecule has 4 nitrogen and oxygen atoms in total. The summed E-state index contributed by atoms with van der Waals surface area (Å²) in [4.78, 5) is 12.4. The zero-order valence-corrected chi connectivity index (χ0v) is 13.7. The van der Waals surface area contributed by atoms with Crippen molar-refractivity contribution in [2.24, 2.45) is 5.92 Å². The lowest BCUT2D eigenvalue weighted by molar-refractivity contribution is -0.149. The first kappa shape index (κ1) is 16.8. The van der Waals surface area contributed by atoms with Crippen LogP contribution in [0.25, 0.3) is 0 Å². The van der Waals surface area contributed by atoms with E-state index in [0.29, 0.717) is 0 Å². The van der Waals surface area contributed by atoms with Gasteiger partial charge in [-0.05, 0) is 38.0 Å². The van der Waals surface area contributed by atoms with E-state index in [1.165, 1.54) is 26.4 Å². The summed E-state index contributed by atoms with van der Waals surface area (Å²) in [7, 11) is 1.51. The summed E-state index contributed by atoms with van der Waals surface area (Å²) < 4.78 is 10.8. The predicted octanol–water partition coefficient (Wildman–Crippen LogP) is 3.05. The molecule has 2 rings (SSSR count). The lowest BCUT2D eigenvalue weighted by atomic mass is 9.88. The second-order valence-corrected chi connectivity index (χ2v) is 6.68. The van der Waals surface area contributed by atoms with Crippen molar-refractivity contribution in [1.29, 1.82) is 0 Å². The molecule has 0 bridgehead atoms. The summed E-state index contributed by atoms with van der Waals surface area (Å²) in [5.74, 6) is 0.684. The summed E-state index contributed by atoms with van der Waals surface area (Å²) >= 11 is 0. The SMILES string of the molecule is CCCC1CCCC(NCC2CCCO2)(C(=O)OC)CC1. The molecule has 0 radical (unpaired) electrons. The Bertz CT molecular complexity index is 328. The van der Waals surface area contributed by atoms with Crippen molar-refractivity contribution in [3.8, 4) is 0 Å². The lowest BCUT2D eigenvalue weighted by Gasteiger charge is -2.32. The van der Waals surface area contributed by atoms with E-state index in [9.17, 15) is 4.79 Å². The highest BCUT2D eigenvalue weighted by Gasteiger charge is 2.41. The number of methoxy groups -OCH3 is 1. The van der Waals surface area contributed by atoms with E-state index in [1.54, 1.807) is 0 Å². The fourth-order valence-corrected chi connectivity index (χ4v) is 3.87. The Kier molecular flexibility index (Phi) is 6.49. The van der Waals surface area contributed by atoms with Crippen LogP contribution in [0.4, 0.5) is 0 Å². The minimum Gasteiger partial charge on any atom is -0.468 e. The average molecular weight is 297 g/mol. The molecular formula is C17H31NO3. The van der Waals surface area contributed by atoms with Crippen LogP contribution in [0.5, 0.6) is 0 Å². The Labute approximate surface area is 129 Å². The zero-order chi connectivity index (χ0) is 15.1. The molecule has 122 valence electrons. The first-order valence-corrected chi connectivity index (χ1v) is 8.65. The Morgan fingerprint density at radius 3 is 2.81 bits per heavy atom. The summed E-state index contributed by atoms with van der Waals surface area (Å²) in [6.45, 7) is 3.87. The van der Waals surface area contributed by atoms with E-state index < -0.39 is 5.54 Å². The standard InChI is InChI=1S/C17H31NO3/c1-3-6-14-7-4-10-17(11-9-14,16(19)20-2)18-13-15-8-5-12-21-15/h14-15,18H,3-13H2,1-2H3. The smallest absolute Gasteiger partial charge is 0.326 e. The van der Waals surface area contributed by atoms with Crippen LogP contribution in [0.1, 0.15) is 64.7 Å². The average Bonchev–Trinajstić information content (AvgIpc) is 2.93. The van der Waals surface area contributed by atoms with Gasteiger partial charge in [0.15, 0.2) is 0 Å². The van der Waals surface area contributed by atoms with Crippen LogP contribution in [0.2, 0.25) is 0 Å². The zero-order valence-electron chi connectivity index (χ0n) is 13.7. The van der Waals surface area contributed by atoms with Crippen LogP contribution in [0, 0.1) is 5.92 Å². The maximum Gasteiger partial charge on any atom is 0.326 e. The quantitative estimate of drug-likeness (QED) is 0.604. The summed E-state index contributed by atoms with van der Waals surface area (Å²) in [6, 6.07) is 0. The van der Waals surface area contributed by atoms with Crippen LogP contribution >= 0.6 is 0 Å². The number of carbonyl (C=O) groups is 1. The molecular weight excluding hydrogens is 266 g/mol. The Balaban J connectivity index is 1.96. The molecule has 0 amide bonds. The highest BCUT2D eigenvalue weighted by atomic mass is 16.5. The van der Waals surface area contributed by atoms with Crippen molar-refractivity contribution in [2.75, 3.05) is 20.3 Å². The second-order valence-electron chi connectivity index (χ2n) is 6.68. The van der Waals surface area contributed by atoms with Crippen molar-refractivity contribution in [1.82, 2.24) is 5.32 Å². The highest BCUT2D eigenvalue weighted by Crippen LogP contribution is 2.33. The van der Waals surface area contributed by atoms with Crippen LogP contribution in [0.3, 0.4) is 0 Å². The van der Waals surface area contributed by atoms with Gasteiger partial charge in [0.25, 0.3) is 0 Å². The molecule has 3 unspecified atom stereocenters. The molecule has 1 saturated carbocycles. The largest absolute Gasteiger partial charge is 0.468 e. The summed E-state index contributed by atoms with van der Waals surface area (Å²) in [5, 5.41) is 3.53. The van der Waals surface area contributed by atoms with Gasteiger partial charge in [-0.25, -0.2) is 0 Å². The molecule has 0 aromatic rings. The molecule has 1 N–H and O–H groups in total. The number of esters is 1. The molecule has 0 spiro atoms. The third-order valence-corrected chi connectivity index (χ3v) is 5.16. The lowest BCUT2D eigenvalue weighted by Crippen LogP contribution is -2.54. The van der Waals surface area contributed by atoms with Gasteiger partial charge in [-0.15, -0.1) is 0 Å². The van der Waals surface area contributed by atoms with Gasteiger partial charge < -0.3 is 9.47 Å². The van der Waals surface area contributed by atoms with E-state index >= 15 is 0 Å². The van der Waals surface area contributed by atoms with E-state index in [2.05, 4.69) is 12.2 Å². The predicted molar refractivity (Wildman–Crippen MR) is 83.2 cm³/mol. The molecule has 1 saturated heterocycles. The van der Waals surface area contributed by atoms with Crippen LogP contribution < -0.4 is 5.32 Å². The van der Waals surface area contributed by atoms with E-state index in [4.69, 9.17) is 9.47 Å². The maximum absolute atomic E-state index is 12.4. The molecule has 1 heterocycles. The van der Waals surface area contributed by atoms with Gasteiger partial charge in [-0.2, -0.15) is 0 Å². The number of hydrogen-bond acceptors (Lipinski definition) is 4. The number of rotatable bonds is 6. The van der Waals surface area contributed by atoms with E-state index in [-0.39, 0.29) is 12.1 Å². The third-order valence-electron chi connectivity index (χ3n) is 5.16. The van der Waals surface area contributed by atoms with Crippen LogP contribution in [-0.2, 0) is 14.3 Å². The van der Waals surface area contributed by atoms with Gasteiger partial charge in [0.1, 0.15) is 5.54 Å². The van der Waals surface area contributed by atoms with Gasteiger partial charge in [-0.1, -0.05) is 32.6 Å². The summed E-state index contributed by atoms with van der Waals surface area (Å²) in [5.41, 5.74) is -0.483. The normalized spacial score (nSPS) is 33.6. The fourth-order valence-electron chi connectivity index (χ4n) is 3.87. The van der Waals surface area contributed by atoms with Gasteiger partial charge in [0.2, 0.25) is 0 Å². The number of carbonyl (C=O) groups excluding carboxylic acids is 1. The van der Waals surface area contributed by atoms with Crippen molar-refractivity contribution in [2.45, 2.75) is 76.4 Å². The number of hydrogen-bond donors (Lipinski definition) is 1. The number of ether oxygens (including phenoxy) is 2. The van der Waals surface area contributed by atoms with Crippen molar-refractivity contribution >= 4 is 5.97 Å². The second kappa shape index (κ2) is 8.14. The van der Waals surface area contributed by atoms with Gasteiger partial charge in [0.05, 0.1) is 13.2 Å². The minimum atomic E-state index is -0.483. The molecule has 1 aliphatic heterocycles. The van der Waals surface area contributed by atoms with Crippen LogP contribution in [0.15, 0.2) is 0 Å². The molecule has 4 heteroatoms. The van der Waals surface area contributed by atoms with Gasteiger partial charge >= 0.3 is 5.97 Å². The fraction of sp³-hybridized carbons (Fsp3) is 0.941. The monoisotopic (exact) mass is 297 g/mol. The van der Waals surface area contributed by atoms with Crippen molar-refractivity contribution in [3.05, 3.63) is 0 Å². The molecule has 21 heavy (non-hydrogen) atoms. The molecule has 2 fully saturated rings. The van der Waals surface area contributed by atoms with E-state index in [1.807, 2.05) is 0 Å². The third kappa shape index (κ3) is 4.43. The Morgan fingerprint density at radius 1 is 1.29 bits per heavy atom. The minimum absolute atomic E-state index is 0.0855. The van der Waals surface area contributed by atoms with E-state index in [0.717, 1.165) is 57.6 Å². The highest BCUT2D eigenvalue weighted by molar-refractivity contribution is 5.80. The van der Waals surface area contributed by atoms with Crippen molar-refractivity contribution in [3.63, 3.8) is 0 Å². The summed E-state index contributed by atoms with van der Waals surface area (Å²) in [6.07, 6.45) is 10.3. The molecule has 2 aliphatic rings. The molecule has 3 atom stereocenters. The first-order chi connectivity index (χ1) is 10.2. The maximum atomic E-state index is 12.4. The molecule has 1 aliphatic carbocycles. The Morgan fingerprint density at radius 2 is 2.14 bits per heavy atom. The van der Waals surface area contributed by atoms with Crippen molar-refractivity contribution < 1.29 is 14.3 Å². The van der Waals surface area contributed by atoms with Gasteiger partial charge in [-0.3, -0.25) is 10.1 Å². The molecule has 0 aromatic carbocycles. The van der Waals surface area contributed by atoms with Crippen LogP contribution in [-0.4, -0.2) is 37.9 Å². The molecule has 0 aromatic heterocycles. The first-order valence-electron chi connectivity index (χ1n) is 8.65. The number of nitrogens with one attached hydrogen (secondary N) is 1.